The number of hydrogen-bond donors (Lipinski definition) is 2. The smallest absolute Gasteiger partial charge is 0.304 e. The Balaban J connectivity index is 2.94. The van der Waals surface area contributed by atoms with E-state index in [-0.39, 0.29) is 22.8 Å². The molecule has 8 nitrogen and oxygen atoms in total. The van der Waals surface area contributed by atoms with Crippen molar-refractivity contribution in [2.24, 2.45) is 0 Å². The summed E-state index contributed by atoms with van der Waals surface area (Å²) in [6.45, 7) is -0.241. The largest absolute Gasteiger partial charge is 0.481 e. The van der Waals surface area contributed by atoms with Gasteiger partial charge in [-0.15, -0.1) is 0 Å². The molecule has 0 saturated carbocycles. The maximum absolute atomic E-state index is 11.8. The number of carboxylic acid groups (broad SMARTS) is 1. The van der Waals surface area contributed by atoms with E-state index < -0.39 is 26.0 Å². The van der Waals surface area contributed by atoms with Crippen LogP contribution in [0.25, 0.3) is 0 Å². The molecule has 0 fully saturated rings. The average Bonchev–Trinajstić information content (AvgIpc) is 2.38. The summed E-state index contributed by atoms with van der Waals surface area (Å²) in [5.74, 6) is -1.12. The molecule has 118 valence electrons. The van der Waals surface area contributed by atoms with E-state index in [2.05, 4.69) is 4.72 Å². The fourth-order valence-electron chi connectivity index (χ4n) is 1.38. The molecule has 0 unspecified atom stereocenters. The van der Waals surface area contributed by atoms with E-state index in [4.69, 9.17) is 5.11 Å². The quantitative estimate of drug-likeness (QED) is 0.704. The Labute approximate surface area is 123 Å². The molecule has 0 heterocycles. The molecule has 1 aromatic carbocycles. The first-order valence-electron chi connectivity index (χ1n) is 5.81. The Hall–Kier alpha value is -1.49. The molecule has 0 radical (unpaired) electrons. The van der Waals surface area contributed by atoms with Crippen LogP contribution in [0.4, 0.5) is 0 Å². The number of rotatable bonds is 7. The van der Waals surface area contributed by atoms with Gasteiger partial charge in [0.05, 0.1) is 16.2 Å². The summed E-state index contributed by atoms with van der Waals surface area (Å²) in [5.41, 5.74) is 0. The lowest BCUT2D eigenvalue weighted by molar-refractivity contribution is -0.136. The number of sulfonamides is 2. The van der Waals surface area contributed by atoms with Gasteiger partial charge in [-0.2, -0.15) is 0 Å². The first-order chi connectivity index (χ1) is 9.57. The van der Waals surface area contributed by atoms with Crippen molar-refractivity contribution in [2.45, 2.75) is 16.2 Å². The van der Waals surface area contributed by atoms with Crippen molar-refractivity contribution >= 4 is 26.0 Å². The first-order valence-corrected chi connectivity index (χ1v) is 8.74. The fraction of sp³-hybridized carbons (Fsp3) is 0.364. The second-order valence-electron chi connectivity index (χ2n) is 4.30. The summed E-state index contributed by atoms with van der Waals surface area (Å²) in [5, 5.41) is 8.45. The molecule has 1 rings (SSSR count). The molecule has 2 N–H and O–H groups in total. The Morgan fingerprint density at radius 2 is 1.57 bits per heavy atom. The van der Waals surface area contributed by atoms with E-state index in [1.165, 1.54) is 26.2 Å². The third-order valence-electron chi connectivity index (χ3n) is 2.54. The molecular formula is C11H16N2O6S2. The standard InChI is InChI=1S/C11H16N2O6S2/c1-13(2)21(18,19)10-5-3-9(4-6-10)20(16,17)12-8-7-11(14)15/h3-6,12H,7-8H2,1-2H3,(H,14,15). The van der Waals surface area contributed by atoms with Gasteiger partial charge in [0, 0.05) is 20.6 Å². The molecule has 0 amide bonds. The van der Waals surface area contributed by atoms with Crippen molar-refractivity contribution in [2.75, 3.05) is 20.6 Å². The summed E-state index contributed by atoms with van der Waals surface area (Å²) in [7, 11) is -4.75. The van der Waals surface area contributed by atoms with Gasteiger partial charge in [0.1, 0.15) is 0 Å². The van der Waals surface area contributed by atoms with Crippen molar-refractivity contribution in [1.29, 1.82) is 0 Å². The average molecular weight is 336 g/mol. The lowest BCUT2D eigenvalue weighted by Crippen LogP contribution is -2.26. The van der Waals surface area contributed by atoms with Crippen LogP contribution in [-0.4, -0.2) is 52.9 Å². The molecular weight excluding hydrogens is 320 g/mol. The van der Waals surface area contributed by atoms with E-state index in [9.17, 15) is 21.6 Å². The zero-order valence-electron chi connectivity index (χ0n) is 11.5. The maximum atomic E-state index is 11.8. The van der Waals surface area contributed by atoms with Gasteiger partial charge in [-0.1, -0.05) is 0 Å². The monoisotopic (exact) mass is 336 g/mol. The third-order valence-corrected chi connectivity index (χ3v) is 5.85. The van der Waals surface area contributed by atoms with Crippen LogP contribution >= 0.6 is 0 Å². The normalized spacial score (nSPS) is 12.5. The number of hydrogen-bond acceptors (Lipinski definition) is 5. The van der Waals surface area contributed by atoms with Crippen LogP contribution in [0, 0.1) is 0 Å². The van der Waals surface area contributed by atoms with E-state index in [0.717, 1.165) is 16.4 Å². The van der Waals surface area contributed by atoms with E-state index in [0.29, 0.717) is 0 Å². The minimum atomic E-state index is -3.86. The number of nitrogens with one attached hydrogen (secondary N) is 1. The molecule has 0 aliphatic heterocycles. The van der Waals surface area contributed by atoms with Crippen LogP contribution in [0.1, 0.15) is 6.42 Å². The van der Waals surface area contributed by atoms with Crippen LogP contribution in [0.3, 0.4) is 0 Å². The van der Waals surface area contributed by atoms with Gasteiger partial charge in [0.2, 0.25) is 20.0 Å². The lowest BCUT2D eigenvalue weighted by atomic mass is 10.4. The zero-order valence-corrected chi connectivity index (χ0v) is 13.1. The molecule has 0 aliphatic carbocycles. The number of benzene rings is 1. The van der Waals surface area contributed by atoms with Gasteiger partial charge in [-0.05, 0) is 24.3 Å². The fourth-order valence-corrected chi connectivity index (χ4v) is 3.31. The van der Waals surface area contributed by atoms with Gasteiger partial charge in [-0.25, -0.2) is 25.9 Å². The number of nitrogens with zero attached hydrogens (tertiary/aromatic N) is 1. The minimum absolute atomic E-state index is 0.0306. The molecule has 0 aliphatic rings. The second kappa shape index (κ2) is 6.52. The van der Waals surface area contributed by atoms with Gasteiger partial charge >= 0.3 is 5.97 Å². The predicted octanol–water partition coefficient (Wildman–Crippen LogP) is -0.310. The highest BCUT2D eigenvalue weighted by atomic mass is 32.2. The predicted molar refractivity (Wildman–Crippen MR) is 74.8 cm³/mol. The molecule has 0 bridgehead atoms. The zero-order chi connectivity index (χ0) is 16.3. The topological polar surface area (TPSA) is 121 Å². The molecule has 1 aromatic rings. The molecule has 0 aromatic heterocycles. The molecule has 0 atom stereocenters. The molecule has 0 saturated heterocycles. The number of aliphatic carboxylic acids is 1. The van der Waals surface area contributed by atoms with Crippen molar-refractivity contribution < 1.29 is 26.7 Å². The van der Waals surface area contributed by atoms with Crippen LogP contribution < -0.4 is 4.72 Å². The number of carbonyl (C=O) groups is 1. The van der Waals surface area contributed by atoms with Crippen LogP contribution in [0.2, 0.25) is 0 Å². The van der Waals surface area contributed by atoms with Gasteiger partial charge in [-0.3, -0.25) is 4.79 Å². The van der Waals surface area contributed by atoms with Gasteiger partial charge in [0.25, 0.3) is 0 Å². The van der Waals surface area contributed by atoms with Crippen molar-refractivity contribution in [3.63, 3.8) is 0 Å². The Bertz CT molecular complexity index is 708. The van der Waals surface area contributed by atoms with E-state index >= 15 is 0 Å². The summed E-state index contributed by atoms with van der Waals surface area (Å²) in [4.78, 5) is 10.2. The Morgan fingerprint density at radius 1 is 1.10 bits per heavy atom. The van der Waals surface area contributed by atoms with E-state index in [1.807, 2.05) is 0 Å². The van der Waals surface area contributed by atoms with Crippen LogP contribution in [-0.2, 0) is 24.8 Å². The lowest BCUT2D eigenvalue weighted by Gasteiger charge is -2.12. The molecule has 0 spiro atoms. The Morgan fingerprint density at radius 3 is 2.00 bits per heavy atom. The summed E-state index contributed by atoms with van der Waals surface area (Å²) < 4.78 is 50.5. The highest BCUT2D eigenvalue weighted by Gasteiger charge is 2.19. The summed E-state index contributed by atoms with van der Waals surface area (Å²) in [6, 6.07) is 4.67. The van der Waals surface area contributed by atoms with Gasteiger partial charge < -0.3 is 5.11 Å². The maximum Gasteiger partial charge on any atom is 0.304 e. The van der Waals surface area contributed by atoms with E-state index in [1.54, 1.807) is 0 Å². The summed E-state index contributed by atoms with van der Waals surface area (Å²) in [6.07, 6.45) is -0.341. The molecule has 10 heteroatoms. The van der Waals surface area contributed by atoms with Gasteiger partial charge in [0.15, 0.2) is 0 Å². The van der Waals surface area contributed by atoms with Crippen LogP contribution in [0.15, 0.2) is 34.1 Å². The highest BCUT2D eigenvalue weighted by Crippen LogP contribution is 2.16. The second-order valence-corrected chi connectivity index (χ2v) is 8.22. The van der Waals surface area contributed by atoms with Crippen molar-refractivity contribution in [3.8, 4) is 0 Å². The first kappa shape index (κ1) is 17.6. The van der Waals surface area contributed by atoms with Crippen molar-refractivity contribution in [1.82, 2.24) is 9.03 Å². The SMILES string of the molecule is CN(C)S(=O)(=O)c1ccc(S(=O)(=O)NCCC(=O)O)cc1. The Kier molecular flexibility index (Phi) is 5.45. The molecule has 21 heavy (non-hydrogen) atoms. The third kappa shape index (κ3) is 4.49. The number of carboxylic acids is 1. The highest BCUT2D eigenvalue weighted by molar-refractivity contribution is 7.89. The van der Waals surface area contributed by atoms with Crippen molar-refractivity contribution in [3.05, 3.63) is 24.3 Å². The summed E-state index contributed by atoms with van der Waals surface area (Å²) >= 11 is 0. The minimum Gasteiger partial charge on any atom is -0.481 e. The van der Waals surface area contributed by atoms with Crippen LogP contribution in [0.5, 0.6) is 0 Å².